The molecule has 0 bridgehead atoms. The SMILES string of the molecule is CC(Cl)C(=O)Nc1cc2c(cc1[N+](=O)[O-])OCCO2. The lowest BCUT2D eigenvalue weighted by Crippen LogP contribution is -2.21. The molecule has 1 aliphatic rings. The van der Waals surface area contributed by atoms with Crippen LogP contribution in [0.4, 0.5) is 11.4 Å². The summed E-state index contributed by atoms with van der Waals surface area (Å²) in [5.41, 5.74) is -0.235. The molecule has 0 saturated carbocycles. The van der Waals surface area contributed by atoms with E-state index >= 15 is 0 Å². The average Bonchev–Trinajstić information content (AvgIpc) is 2.37. The van der Waals surface area contributed by atoms with Gasteiger partial charge in [-0.2, -0.15) is 0 Å². The molecule has 102 valence electrons. The molecule has 1 amide bonds. The molecule has 1 unspecified atom stereocenters. The lowest BCUT2D eigenvalue weighted by molar-refractivity contribution is -0.384. The first-order valence-corrected chi connectivity index (χ1v) is 5.95. The standard InChI is InChI=1S/C11H11ClN2O5/c1-6(12)11(15)13-7-4-9-10(19-3-2-18-9)5-8(7)14(16)17/h4-6H,2-3H2,1H3,(H,13,15). The van der Waals surface area contributed by atoms with Gasteiger partial charge in [0, 0.05) is 6.07 Å². The predicted molar refractivity (Wildman–Crippen MR) is 68.0 cm³/mol. The Morgan fingerprint density at radius 3 is 2.53 bits per heavy atom. The summed E-state index contributed by atoms with van der Waals surface area (Å²) in [5.74, 6) is 0.116. The summed E-state index contributed by atoms with van der Waals surface area (Å²) in [6, 6.07) is 2.59. The van der Waals surface area contributed by atoms with Crippen molar-refractivity contribution in [2.45, 2.75) is 12.3 Å². The summed E-state index contributed by atoms with van der Waals surface area (Å²) in [4.78, 5) is 21.9. The van der Waals surface area contributed by atoms with Crippen LogP contribution in [0.15, 0.2) is 12.1 Å². The second kappa shape index (κ2) is 5.31. The molecular weight excluding hydrogens is 276 g/mol. The molecule has 1 aromatic rings. The number of nitrogens with zero attached hydrogens (tertiary/aromatic N) is 1. The number of ether oxygens (including phenoxy) is 2. The maximum absolute atomic E-state index is 11.5. The van der Waals surface area contributed by atoms with Crippen LogP contribution in [0, 0.1) is 10.1 Å². The first-order chi connectivity index (χ1) is 8.99. The fourth-order valence-electron chi connectivity index (χ4n) is 1.56. The Morgan fingerprint density at radius 2 is 2.00 bits per heavy atom. The van der Waals surface area contributed by atoms with Gasteiger partial charge in [-0.05, 0) is 6.92 Å². The third-order valence-corrected chi connectivity index (χ3v) is 2.67. The Bertz CT molecular complexity index is 532. The molecule has 1 atom stereocenters. The van der Waals surface area contributed by atoms with Crippen LogP contribution in [0.5, 0.6) is 11.5 Å². The highest BCUT2D eigenvalue weighted by atomic mass is 35.5. The number of nitro benzene ring substituents is 1. The summed E-state index contributed by atoms with van der Waals surface area (Å²) in [7, 11) is 0. The van der Waals surface area contributed by atoms with Crippen molar-refractivity contribution >= 4 is 28.9 Å². The normalized spacial score (nSPS) is 14.6. The number of benzene rings is 1. The number of fused-ring (bicyclic) bond motifs is 1. The molecule has 0 spiro atoms. The molecular formula is C11H11ClN2O5. The van der Waals surface area contributed by atoms with E-state index in [0.29, 0.717) is 19.0 Å². The van der Waals surface area contributed by atoms with Crippen LogP contribution in [0.25, 0.3) is 0 Å². The number of carbonyl (C=O) groups excluding carboxylic acids is 1. The largest absolute Gasteiger partial charge is 0.486 e. The maximum atomic E-state index is 11.5. The predicted octanol–water partition coefficient (Wildman–Crippen LogP) is 1.93. The van der Waals surface area contributed by atoms with Crippen molar-refractivity contribution in [1.29, 1.82) is 0 Å². The summed E-state index contributed by atoms with van der Waals surface area (Å²) >= 11 is 5.62. The van der Waals surface area contributed by atoms with Gasteiger partial charge < -0.3 is 14.8 Å². The summed E-state index contributed by atoms with van der Waals surface area (Å²) in [5, 5.41) is 12.6. The number of hydrogen-bond acceptors (Lipinski definition) is 5. The number of amides is 1. The number of hydrogen-bond donors (Lipinski definition) is 1. The topological polar surface area (TPSA) is 90.7 Å². The Hall–Kier alpha value is -2.02. The molecule has 1 aliphatic heterocycles. The van der Waals surface area contributed by atoms with Crippen molar-refractivity contribution < 1.29 is 19.2 Å². The molecule has 1 N–H and O–H groups in total. The quantitative estimate of drug-likeness (QED) is 0.521. The zero-order valence-electron chi connectivity index (χ0n) is 10.0. The highest BCUT2D eigenvalue weighted by Crippen LogP contribution is 2.39. The second-order valence-electron chi connectivity index (χ2n) is 3.88. The van der Waals surface area contributed by atoms with Crippen LogP contribution in [-0.2, 0) is 4.79 Å². The molecule has 1 aromatic carbocycles. The first-order valence-electron chi connectivity index (χ1n) is 5.52. The van der Waals surface area contributed by atoms with E-state index in [1.807, 2.05) is 0 Å². The van der Waals surface area contributed by atoms with E-state index in [1.165, 1.54) is 19.1 Å². The Kier molecular flexibility index (Phi) is 3.75. The minimum absolute atomic E-state index is 0.0340. The number of nitrogens with one attached hydrogen (secondary N) is 1. The molecule has 19 heavy (non-hydrogen) atoms. The lowest BCUT2D eigenvalue weighted by atomic mass is 10.2. The molecule has 7 nitrogen and oxygen atoms in total. The lowest BCUT2D eigenvalue weighted by Gasteiger charge is -2.19. The third kappa shape index (κ3) is 2.87. The molecule has 1 heterocycles. The fraction of sp³-hybridized carbons (Fsp3) is 0.364. The van der Waals surface area contributed by atoms with Crippen LogP contribution in [0.1, 0.15) is 6.92 Å². The number of nitro groups is 1. The minimum atomic E-state index is -0.798. The Morgan fingerprint density at radius 1 is 1.42 bits per heavy atom. The Balaban J connectivity index is 2.40. The van der Waals surface area contributed by atoms with E-state index in [2.05, 4.69) is 5.32 Å². The van der Waals surface area contributed by atoms with Gasteiger partial charge in [0.1, 0.15) is 24.3 Å². The number of rotatable bonds is 3. The summed E-state index contributed by atoms with van der Waals surface area (Å²) in [6.45, 7) is 2.15. The number of halogens is 1. The smallest absolute Gasteiger partial charge is 0.296 e. The number of carbonyl (C=O) groups is 1. The molecule has 0 aliphatic carbocycles. The van der Waals surface area contributed by atoms with Crippen molar-refractivity contribution in [3.8, 4) is 11.5 Å². The molecule has 0 fully saturated rings. The zero-order valence-corrected chi connectivity index (χ0v) is 10.8. The van der Waals surface area contributed by atoms with Crippen LogP contribution in [0.3, 0.4) is 0 Å². The first kappa shape index (κ1) is 13.4. The van der Waals surface area contributed by atoms with Gasteiger partial charge in [-0.25, -0.2) is 0 Å². The van der Waals surface area contributed by atoms with Gasteiger partial charge in [-0.15, -0.1) is 11.6 Å². The minimum Gasteiger partial charge on any atom is -0.486 e. The van der Waals surface area contributed by atoms with Gasteiger partial charge in [0.2, 0.25) is 5.91 Å². The van der Waals surface area contributed by atoms with Gasteiger partial charge in [0.25, 0.3) is 5.69 Å². The average molecular weight is 287 g/mol. The number of alkyl halides is 1. The van der Waals surface area contributed by atoms with E-state index in [1.54, 1.807) is 0 Å². The molecule has 0 radical (unpaired) electrons. The van der Waals surface area contributed by atoms with Crippen LogP contribution < -0.4 is 14.8 Å². The van der Waals surface area contributed by atoms with Gasteiger partial charge in [0.15, 0.2) is 11.5 Å². The molecule has 2 rings (SSSR count). The van der Waals surface area contributed by atoms with Crippen molar-refractivity contribution in [3.05, 3.63) is 22.2 Å². The molecule has 8 heteroatoms. The Labute approximate surface area is 113 Å². The summed E-state index contributed by atoms with van der Waals surface area (Å²) < 4.78 is 10.6. The highest BCUT2D eigenvalue weighted by Gasteiger charge is 2.24. The number of anilines is 1. The molecule has 0 aromatic heterocycles. The van der Waals surface area contributed by atoms with E-state index in [9.17, 15) is 14.9 Å². The highest BCUT2D eigenvalue weighted by molar-refractivity contribution is 6.32. The van der Waals surface area contributed by atoms with Crippen LogP contribution in [-0.4, -0.2) is 29.4 Å². The van der Waals surface area contributed by atoms with Crippen molar-refractivity contribution in [1.82, 2.24) is 0 Å². The van der Waals surface area contributed by atoms with Crippen LogP contribution in [0.2, 0.25) is 0 Å². The van der Waals surface area contributed by atoms with E-state index in [4.69, 9.17) is 21.1 Å². The fourth-order valence-corrected chi connectivity index (χ4v) is 1.62. The van der Waals surface area contributed by atoms with Crippen molar-refractivity contribution in [2.75, 3.05) is 18.5 Å². The van der Waals surface area contributed by atoms with Gasteiger partial charge in [0.05, 0.1) is 11.0 Å². The van der Waals surface area contributed by atoms with E-state index in [-0.39, 0.29) is 17.1 Å². The van der Waals surface area contributed by atoms with Gasteiger partial charge in [-0.3, -0.25) is 14.9 Å². The van der Waals surface area contributed by atoms with Crippen molar-refractivity contribution in [3.63, 3.8) is 0 Å². The monoisotopic (exact) mass is 286 g/mol. The molecule has 0 saturated heterocycles. The third-order valence-electron chi connectivity index (χ3n) is 2.48. The van der Waals surface area contributed by atoms with Crippen LogP contribution >= 0.6 is 11.6 Å². The van der Waals surface area contributed by atoms with Gasteiger partial charge >= 0.3 is 0 Å². The summed E-state index contributed by atoms with van der Waals surface area (Å²) in [6.07, 6.45) is 0. The zero-order chi connectivity index (χ0) is 14.0. The van der Waals surface area contributed by atoms with Crippen molar-refractivity contribution in [2.24, 2.45) is 0 Å². The van der Waals surface area contributed by atoms with E-state index in [0.717, 1.165) is 0 Å². The second-order valence-corrected chi connectivity index (χ2v) is 4.53. The van der Waals surface area contributed by atoms with Gasteiger partial charge in [-0.1, -0.05) is 0 Å². The van der Waals surface area contributed by atoms with E-state index < -0.39 is 16.2 Å². The maximum Gasteiger partial charge on any atom is 0.296 e.